The fraction of sp³-hybridized carbons (Fsp3) is 0.750. The minimum atomic E-state index is 0.259. The Morgan fingerprint density at radius 3 is 2.40 bits per heavy atom. The number of hydrogen-bond acceptors (Lipinski definition) is 2. The summed E-state index contributed by atoms with van der Waals surface area (Å²) in [5, 5.41) is 8.21. The minimum Gasteiger partial charge on any atom is -0.317 e. The van der Waals surface area contributed by atoms with E-state index in [9.17, 15) is 0 Å². The Hall–Kier alpha value is -0.340. The average molecular weight is 143 g/mol. The van der Waals surface area contributed by atoms with Gasteiger partial charge in [0, 0.05) is 6.54 Å². The van der Waals surface area contributed by atoms with Crippen LogP contribution in [0.3, 0.4) is 0 Å². The second-order valence-electron chi connectivity index (χ2n) is 3.47. The first-order chi connectivity index (χ1) is 4.56. The van der Waals surface area contributed by atoms with Gasteiger partial charge in [-0.2, -0.15) is 0 Å². The van der Waals surface area contributed by atoms with E-state index in [4.69, 9.17) is 5.21 Å². The van der Waals surface area contributed by atoms with Crippen LogP contribution in [-0.4, -0.2) is 11.8 Å². The first-order valence-electron chi connectivity index (χ1n) is 3.61. The van der Waals surface area contributed by atoms with Crippen molar-refractivity contribution in [2.75, 3.05) is 6.54 Å². The van der Waals surface area contributed by atoms with Gasteiger partial charge in [-0.05, 0) is 11.8 Å². The van der Waals surface area contributed by atoms with Gasteiger partial charge in [0.2, 0.25) is 0 Å². The Balaban J connectivity index is 3.37. The Bertz CT molecular complexity index is 102. The van der Waals surface area contributed by atoms with Gasteiger partial charge in [-0.25, -0.2) is 5.48 Å². The molecule has 60 valence electrons. The van der Waals surface area contributed by atoms with E-state index in [2.05, 4.69) is 38.4 Å². The largest absolute Gasteiger partial charge is 0.317 e. The number of hydroxylamine groups is 1. The van der Waals surface area contributed by atoms with E-state index >= 15 is 0 Å². The Labute approximate surface area is 62.9 Å². The van der Waals surface area contributed by atoms with Crippen molar-refractivity contribution in [1.29, 1.82) is 0 Å². The van der Waals surface area contributed by atoms with Crippen LogP contribution in [0.2, 0.25) is 0 Å². The lowest BCUT2D eigenvalue weighted by molar-refractivity contribution is 0.169. The van der Waals surface area contributed by atoms with Gasteiger partial charge in [0.1, 0.15) is 0 Å². The third-order valence-electron chi connectivity index (χ3n) is 1.04. The van der Waals surface area contributed by atoms with Crippen molar-refractivity contribution in [2.45, 2.75) is 27.2 Å². The summed E-state index contributed by atoms with van der Waals surface area (Å²) < 4.78 is 0. The molecule has 10 heavy (non-hydrogen) atoms. The zero-order valence-electron chi connectivity index (χ0n) is 7.02. The second kappa shape index (κ2) is 4.47. The lowest BCUT2D eigenvalue weighted by Crippen LogP contribution is -2.07. The molecule has 0 heterocycles. The summed E-state index contributed by atoms with van der Waals surface area (Å²) in [5.41, 5.74) is 2.36. The summed E-state index contributed by atoms with van der Waals surface area (Å²) in [5.74, 6) is 0. The molecule has 0 aromatic carbocycles. The zero-order chi connectivity index (χ0) is 8.04. The molecule has 0 fully saturated rings. The number of rotatable bonds is 3. The van der Waals surface area contributed by atoms with Gasteiger partial charge in [-0.1, -0.05) is 32.9 Å². The van der Waals surface area contributed by atoms with Crippen LogP contribution in [0.5, 0.6) is 0 Å². The molecular weight excluding hydrogens is 126 g/mol. The fourth-order valence-electron chi connectivity index (χ4n) is 0.585. The normalized spacial score (nSPS) is 12.8. The van der Waals surface area contributed by atoms with Gasteiger partial charge in [-0.3, -0.25) is 0 Å². The summed E-state index contributed by atoms with van der Waals surface area (Å²) in [7, 11) is 0. The van der Waals surface area contributed by atoms with Crippen molar-refractivity contribution in [3.8, 4) is 0 Å². The minimum absolute atomic E-state index is 0.259. The van der Waals surface area contributed by atoms with Crippen molar-refractivity contribution in [1.82, 2.24) is 5.48 Å². The molecule has 2 heteroatoms. The molecule has 0 aromatic heterocycles. The van der Waals surface area contributed by atoms with E-state index in [0.717, 1.165) is 6.42 Å². The number of allylic oxidation sites excluding steroid dienone is 1. The summed E-state index contributed by atoms with van der Waals surface area (Å²) in [6.07, 6.45) is 5.10. The third-order valence-corrected chi connectivity index (χ3v) is 1.04. The van der Waals surface area contributed by atoms with Crippen LogP contribution in [-0.2, 0) is 0 Å². The van der Waals surface area contributed by atoms with Crippen LogP contribution in [0.15, 0.2) is 12.2 Å². The van der Waals surface area contributed by atoms with Gasteiger partial charge >= 0.3 is 0 Å². The summed E-state index contributed by atoms with van der Waals surface area (Å²) in [6, 6.07) is 0. The standard InChI is InChI=1S/C8H17NO/c1-8(2,3)6-4-5-7-9-10/h4,6,9-10H,5,7H2,1-3H3/b6-4+. The van der Waals surface area contributed by atoms with Gasteiger partial charge in [0.15, 0.2) is 0 Å². The molecule has 0 bridgehead atoms. The van der Waals surface area contributed by atoms with Crippen molar-refractivity contribution < 1.29 is 5.21 Å². The van der Waals surface area contributed by atoms with Crippen LogP contribution >= 0.6 is 0 Å². The summed E-state index contributed by atoms with van der Waals surface area (Å²) >= 11 is 0. The van der Waals surface area contributed by atoms with Crippen molar-refractivity contribution in [3.63, 3.8) is 0 Å². The molecule has 0 aliphatic rings. The molecule has 2 N–H and O–H groups in total. The van der Waals surface area contributed by atoms with Crippen LogP contribution in [0.4, 0.5) is 0 Å². The molecule has 0 saturated carbocycles. The van der Waals surface area contributed by atoms with E-state index in [1.807, 2.05) is 0 Å². The molecule has 2 nitrogen and oxygen atoms in total. The summed E-state index contributed by atoms with van der Waals surface area (Å²) in [6.45, 7) is 7.08. The predicted octanol–water partition coefficient (Wildman–Crippen LogP) is 1.96. The molecular formula is C8H17NO. The number of hydrogen-bond donors (Lipinski definition) is 2. The lowest BCUT2D eigenvalue weighted by Gasteiger charge is -2.10. The number of nitrogens with one attached hydrogen (secondary N) is 1. The summed E-state index contributed by atoms with van der Waals surface area (Å²) in [4.78, 5) is 0. The van der Waals surface area contributed by atoms with Crippen LogP contribution in [0.1, 0.15) is 27.2 Å². The highest BCUT2D eigenvalue weighted by Crippen LogP contribution is 2.14. The molecule has 0 aliphatic heterocycles. The molecule has 0 atom stereocenters. The second-order valence-corrected chi connectivity index (χ2v) is 3.47. The van der Waals surface area contributed by atoms with Gasteiger partial charge in [0.25, 0.3) is 0 Å². The predicted molar refractivity (Wildman–Crippen MR) is 43.0 cm³/mol. The van der Waals surface area contributed by atoms with Crippen molar-refractivity contribution in [2.24, 2.45) is 5.41 Å². The zero-order valence-corrected chi connectivity index (χ0v) is 7.02. The molecule has 0 radical (unpaired) electrons. The molecule has 0 aromatic rings. The lowest BCUT2D eigenvalue weighted by atomic mass is 9.96. The van der Waals surface area contributed by atoms with Gasteiger partial charge < -0.3 is 5.21 Å². The van der Waals surface area contributed by atoms with Crippen LogP contribution in [0, 0.1) is 5.41 Å². The quantitative estimate of drug-likeness (QED) is 0.359. The highest BCUT2D eigenvalue weighted by atomic mass is 16.5. The molecule has 0 rings (SSSR count). The Kier molecular flexibility index (Phi) is 4.32. The maximum atomic E-state index is 8.21. The first-order valence-corrected chi connectivity index (χ1v) is 3.61. The van der Waals surface area contributed by atoms with E-state index < -0.39 is 0 Å². The topological polar surface area (TPSA) is 32.3 Å². The van der Waals surface area contributed by atoms with Crippen molar-refractivity contribution in [3.05, 3.63) is 12.2 Å². The van der Waals surface area contributed by atoms with E-state index in [-0.39, 0.29) is 5.41 Å². The third kappa shape index (κ3) is 7.66. The van der Waals surface area contributed by atoms with E-state index in [1.165, 1.54) is 0 Å². The molecule has 0 aliphatic carbocycles. The Morgan fingerprint density at radius 1 is 1.40 bits per heavy atom. The molecule has 0 amide bonds. The highest BCUT2D eigenvalue weighted by Gasteiger charge is 2.01. The SMILES string of the molecule is CC(C)(C)/C=C/CCNO. The maximum absolute atomic E-state index is 8.21. The van der Waals surface area contributed by atoms with Crippen molar-refractivity contribution >= 4 is 0 Å². The Morgan fingerprint density at radius 2 is 2.00 bits per heavy atom. The highest BCUT2D eigenvalue weighted by molar-refractivity contribution is 4.91. The van der Waals surface area contributed by atoms with Gasteiger partial charge in [-0.15, -0.1) is 0 Å². The molecule has 0 spiro atoms. The van der Waals surface area contributed by atoms with Crippen LogP contribution in [0.25, 0.3) is 0 Å². The van der Waals surface area contributed by atoms with Gasteiger partial charge in [0.05, 0.1) is 0 Å². The molecule has 0 unspecified atom stereocenters. The average Bonchev–Trinajstić information content (AvgIpc) is 1.78. The fourth-order valence-corrected chi connectivity index (χ4v) is 0.585. The van der Waals surface area contributed by atoms with Crippen LogP contribution < -0.4 is 5.48 Å². The monoisotopic (exact) mass is 143 g/mol. The molecule has 0 saturated heterocycles. The maximum Gasteiger partial charge on any atom is 0.0242 e. The smallest absolute Gasteiger partial charge is 0.0242 e. The van der Waals surface area contributed by atoms with E-state index in [1.54, 1.807) is 0 Å². The first kappa shape index (κ1) is 9.66. The van der Waals surface area contributed by atoms with E-state index in [0.29, 0.717) is 6.54 Å².